The van der Waals surface area contributed by atoms with E-state index in [1.807, 2.05) is 18.2 Å². The number of nitriles is 1. The molecular weight excluding hydrogens is 226 g/mol. The fourth-order valence-corrected chi connectivity index (χ4v) is 1.94. The SMILES string of the molecule is CCc1cc(-c2cc(C#N)c(N)[nH]2)ccc1OC. The van der Waals surface area contributed by atoms with Gasteiger partial charge >= 0.3 is 0 Å². The molecule has 0 atom stereocenters. The molecular formula is C14H15N3O. The zero-order chi connectivity index (χ0) is 13.1. The Morgan fingerprint density at radius 3 is 2.72 bits per heavy atom. The van der Waals surface area contributed by atoms with Crippen LogP contribution in [0.15, 0.2) is 24.3 Å². The van der Waals surface area contributed by atoms with Gasteiger partial charge in [0.15, 0.2) is 0 Å². The summed E-state index contributed by atoms with van der Waals surface area (Å²) in [6, 6.07) is 9.74. The number of rotatable bonds is 3. The summed E-state index contributed by atoms with van der Waals surface area (Å²) in [6.07, 6.45) is 0.887. The molecule has 0 saturated carbocycles. The third-order valence-electron chi connectivity index (χ3n) is 2.94. The lowest BCUT2D eigenvalue weighted by Crippen LogP contribution is -1.91. The Morgan fingerprint density at radius 2 is 2.17 bits per heavy atom. The highest BCUT2D eigenvalue weighted by atomic mass is 16.5. The predicted molar refractivity (Wildman–Crippen MR) is 71.3 cm³/mol. The molecule has 0 fully saturated rings. The van der Waals surface area contributed by atoms with Crippen LogP contribution in [0.5, 0.6) is 5.75 Å². The predicted octanol–water partition coefficient (Wildman–Crippen LogP) is 2.71. The van der Waals surface area contributed by atoms with Gasteiger partial charge in [0.1, 0.15) is 17.6 Å². The van der Waals surface area contributed by atoms with Crippen LogP contribution in [-0.4, -0.2) is 12.1 Å². The molecule has 4 nitrogen and oxygen atoms in total. The lowest BCUT2D eigenvalue weighted by atomic mass is 10.1. The maximum Gasteiger partial charge on any atom is 0.122 e. The van der Waals surface area contributed by atoms with Gasteiger partial charge in [0.05, 0.1) is 12.7 Å². The number of benzene rings is 1. The smallest absolute Gasteiger partial charge is 0.122 e. The largest absolute Gasteiger partial charge is 0.496 e. The number of hydrogen-bond donors (Lipinski definition) is 2. The van der Waals surface area contributed by atoms with Crippen molar-refractivity contribution in [3.8, 4) is 23.1 Å². The molecule has 18 heavy (non-hydrogen) atoms. The van der Waals surface area contributed by atoms with Crippen LogP contribution in [0.4, 0.5) is 5.82 Å². The van der Waals surface area contributed by atoms with E-state index in [1.54, 1.807) is 13.2 Å². The van der Waals surface area contributed by atoms with E-state index >= 15 is 0 Å². The number of hydrogen-bond acceptors (Lipinski definition) is 3. The van der Waals surface area contributed by atoms with E-state index < -0.39 is 0 Å². The third-order valence-corrected chi connectivity index (χ3v) is 2.94. The average Bonchev–Trinajstić information content (AvgIpc) is 2.79. The third kappa shape index (κ3) is 2.03. The van der Waals surface area contributed by atoms with E-state index in [9.17, 15) is 0 Å². The summed E-state index contributed by atoms with van der Waals surface area (Å²) in [5.41, 5.74) is 9.16. The molecule has 0 unspecified atom stereocenters. The van der Waals surface area contributed by atoms with Crippen molar-refractivity contribution in [2.24, 2.45) is 0 Å². The van der Waals surface area contributed by atoms with Crippen LogP contribution < -0.4 is 10.5 Å². The van der Waals surface area contributed by atoms with Gasteiger partial charge in [-0.3, -0.25) is 0 Å². The molecule has 2 rings (SSSR count). The lowest BCUT2D eigenvalue weighted by Gasteiger charge is -2.08. The first-order valence-corrected chi connectivity index (χ1v) is 5.75. The van der Waals surface area contributed by atoms with E-state index in [0.717, 1.165) is 29.0 Å². The highest BCUT2D eigenvalue weighted by molar-refractivity contribution is 5.69. The maximum absolute atomic E-state index is 8.89. The number of aromatic nitrogens is 1. The molecule has 0 aliphatic rings. The van der Waals surface area contributed by atoms with Gasteiger partial charge in [-0.15, -0.1) is 0 Å². The van der Waals surface area contributed by atoms with Crippen molar-refractivity contribution >= 4 is 5.82 Å². The molecule has 0 spiro atoms. The summed E-state index contributed by atoms with van der Waals surface area (Å²) in [5, 5.41) is 8.89. The summed E-state index contributed by atoms with van der Waals surface area (Å²) in [4.78, 5) is 3.02. The summed E-state index contributed by atoms with van der Waals surface area (Å²) in [7, 11) is 1.66. The Hall–Kier alpha value is -2.41. The molecule has 0 amide bonds. The monoisotopic (exact) mass is 241 g/mol. The number of H-pyrrole nitrogens is 1. The standard InChI is InChI=1S/C14H15N3O/c1-3-9-6-10(4-5-13(9)18-2)12-7-11(8-15)14(16)17-12/h4-7,17H,3,16H2,1-2H3. The molecule has 0 aliphatic carbocycles. The fraction of sp³-hybridized carbons (Fsp3) is 0.214. The number of anilines is 1. The topological polar surface area (TPSA) is 74.8 Å². The van der Waals surface area contributed by atoms with Gasteiger partial charge in [-0.05, 0) is 41.8 Å². The molecule has 0 aliphatic heterocycles. The number of aryl methyl sites for hydroxylation is 1. The molecule has 1 aromatic heterocycles. The van der Waals surface area contributed by atoms with Crippen LogP contribution in [0.25, 0.3) is 11.3 Å². The number of nitrogens with one attached hydrogen (secondary N) is 1. The molecule has 92 valence electrons. The molecule has 2 aromatic rings. The van der Waals surface area contributed by atoms with Crippen LogP contribution in [-0.2, 0) is 6.42 Å². The van der Waals surface area contributed by atoms with Crippen molar-refractivity contribution in [1.82, 2.24) is 4.98 Å². The first-order chi connectivity index (χ1) is 8.69. The van der Waals surface area contributed by atoms with Crippen molar-refractivity contribution < 1.29 is 4.74 Å². The van der Waals surface area contributed by atoms with Gasteiger partial charge in [0.25, 0.3) is 0 Å². The minimum atomic E-state index is 0.404. The number of methoxy groups -OCH3 is 1. The highest BCUT2D eigenvalue weighted by Crippen LogP contribution is 2.28. The van der Waals surface area contributed by atoms with Crippen molar-refractivity contribution in [2.45, 2.75) is 13.3 Å². The number of aromatic amines is 1. The first-order valence-electron chi connectivity index (χ1n) is 5.75. The van der Waals surface area contributed by atoms with Gasteiger partial charge in [0.2, 0.25) is 0 Å². The van der Waals surface area contributed by atoms with Crippen molar-refractivity contribution in [1.29, 1.82) is 5.26 Å². The second kappa shape index (κ2) is 4.84. The van der Waals surface area contributed by atoms with Crippen molar-refractivity contribution in [3.63, 3.8) is 0 Å². The number of nitrogens with two attached hydrogens (primary N) is 1. The van der Waals surface area contributed by atoms with Crippen LogP contribution in [0, 0.1) is 11.3 Å². The Kier molecular flexibility index (Phi) is 3.24. The molecule has 1 aromatic carbocycles. The quantitative estimate of drug-likeness (QED) is 0.867. The summed E-state index contributed by atoms with van der Waals surface area (Å²) >= 11 is 0. The Balaban J connectivity index is 2.48. The van der Waals surface area contributed by atoms with Crippen molar-refractivity contribution in [3.05, 3.63) is 35.4 Å². The number of nitrogens with zero attached hydrogens (tertiary/aromatic N) is 1. The highest BCUT2D eigenvalue weighted by Gasteiger charge is 2.09. The molecule has 3 N–H and O–H groups in total. The average molecular weight is 241 g/mol. The van der Waals surface area contributed by atoms with Gasteiger partial charge in [-0.25, -0.2) is 0 Å². The zero-order valence-electron chi connectivity index (χ0n) is 10.4. The van der Waals surface area contributed by atoms with E-state index in [0.29, 0.717) is 11.4 Å². The number of ether oxygens (including phenoxy) is 1. The van der Waals surface area contributed by atoms with Gasteiger partial charge < -0.3 is 15.5 Å². The summed E-state index contributed by atoms with van der Waals surface area (Å²) in [6.45, 7) is 2.07. The molecule has 0 radical (unpaired) electrons. The minimum Gasteiger partial charge on any atom is -0.496 e. The summed E-state index contributed by atoms with van der Waals surface area (Å²) < 4.78 is 5.29. The summed E-state index contributed by atoms with van der Waals surface area (Å²) in [5.74, 6) is 1.28. The zero-order valence-corrected chi connectivity index (χ0v) is 10.4. The second-order valence-electron chi connectivity index (χ2n) is 4.00. The second-order valence-corrected chi connectivity index (χ2v) is 4.00. The lowest BCUT2D eigenvalue weighted by molar-refractivity contribution is 0.410. The van der Waals surface area contributed by atoms with Crippen molar-refractivity contribution in [2.75, 3.05) is 12.8 Å². The molecule has 0 bridgehead atoms. The Bertz CT molecular complexity index is 608. The first kappa shape index (κ1) is 12.1. The van der Waals surface area contributed by atoms with E-state index in [2.05, 4.69) is 18.0 Å². The van der Waals surface area contributed by atoms with Gasteiger partial charge in [-0.1, -0.05) is 6.92 Å². The molecule has 0 saturated heterocycles. The van der Waals surface area contributed by atoms with E-state index in [1.165, 1.54) is 0 Å². The molecule has 1 heterocycles. The van der Waals surface area contributed by atoms with E-state index in [-0.39, 0.29) is 0 Å². The van der Waals surface area contributed by atoms with E-state index in [4.69, 9.17) is 15.7 Å². The van der Waals surface area contributed by atoms with Gasteiger partial charge in [0, 0.05) is 5.69 Å². The van der Waals surface area contributed by atoms with Crippen LogP contribution in [0.2, 0.25) is 0 Å². The molecule has 4 heteroatoms. The Morgan fingerprint density at radius 1 is 1.39 bits per heavy atom. The minimum absolute atomic E-state index is 0.404. The van der Waals surface area contributed by atoms with Crippen LogP contribution in [0.1, 0.15) is 18.1 Å². The number of nitrogen functional groups attached to an aromatic ring is 1. The van der Waals surface area contributed by atoms with Crippen LogP contribution in [0.3, 0.4) is 0 Å². The van der Waals surface area contributed by atoms with Crippen LogP contribution >= 0.6 is 0 Å². The van der Waals surface area contributed by atoms with Gasteiger partial charge in [-0.2, -0.15) is 5.26 Å². The fourth-order valence-electron chi connectivity index (χ4n) is 1.94. The Labute approximate surface area is 106 Å². The maximum atomic E-state index is 8.89. The normalized spacial score (nSPS) is 10.1.